The predicted molar refractivity (Wildman–Crippen MR) is 108 cm³/mol. The highest BCUT2D eigenvalue weighted by atomic mass is 35.5. The van der Waals surface area contributed by atoms with Gasteiger partial charge >= 0.3 is 10.5 Å². The zero-order valence-electron chi connectivity index (χ0n) is 15.0. The van der Waals surface area contributed by atoms with Gasteiger partial charge in [0, 0.05) is 11.6 Å². The van der Waals surface area contributed by atoms with Crippen molar-refractivity contribution in [2.75, 3.05) is 18.4 Å². The summed E-state index contributed by atoms with van der Waals surface area (Å²) in [6.45, 7) is 3.20. The van der Waals surface area contributed by atoms with Gasteiger partial charge in [0.25, 0.3) is 0 Å². The van der Waals surface area contributed by atoms with Crippen LogP contribution in [0.1, 0.15) is 18.9 Å². The average molecular weight is 449 g/mol. The van der Waals surface area contributed by atoms with E-state index in [-0.39, 0.29) is 18.2 Å². The van der Waals surface area contributed by atoms with Gasteiger partial charge < -0.3 is 9.50 Å². The third kappa shape index (κ3) is 7.63. The molecule has 1 N–H and O–H groups in total. The maximum Gasteiger partial charge on any atom is 0.488 e. The van der Waals surface area contributed by atoms with E-state index in [1.54, 1.807) is 30.3 Å². The van der Waals surface area contributed by atoms with Crippen LogP contribution in [0.5, 0.6) is 5.75 Å². The molecule has 0 bridgehead atoms. The Kier molecular flexibility index (Phi) is 8.06. The van der Waals surface area contributed by atoms with Crippen LogP contribution in [0.4, 0.5) is 9.57 Å². The van der Waals surface area contributed by atoms with E-state index >= 15 is 0 Å². The highest BCUT2D eigenvalue weighted by molar-refractivity contribution is 7.81. The molecule has 0 aliphatic rings. The quantitative estimate of drug-likeness (QED) is 0.573. The Morgan fingerprint density at radius 1 is 1.18 bits per heavy atom. The molecule has 0 radical (unpaired) electrons. The Hall–Kier alpha value is -1.87. The number of rotatable bonds is 9. The molecule has 0 aliphatic heterocycles. The topological polar surface area (TPSA) is 75.7 Å². The predicted octanol–water partition coefficient (Wildman–Crippen LogP) is 4.44. The normalized spacial score (nSPS) is 11.5. The number of hydrogen-bond donors (Lipinski definition) is 1. The van der Waals surface area contributed by atoms with Gasteiger partial charge in [-0.25, -0.2) is 0 Å². The van der Waals surface area contributed by atoms with E-state index in [9.17, 15) is 17.1 Å². The van der Waals surface area contributed by atoms with Crippen LogP contribution in [0.2, 0.25) is 10.0 Å². The lowest BCUT2D eigenvalue weighted by Gasteiger charge is -2.21. The summed E-state index contributed by atoms with van der Waals surface area (Å²) >= 11 is 12.0. The van der Waals surface area contributed by atoms with Gasteiger partial charge in [0.05, 0.1) is 17.3 Å². The minimum atomic E-state index is -5.06. The Morgan fingerprint density at radius 2 is 1.86 bits per heavy atom. The molecule has 10 heteroatoms. The van der Waals surface area contributed by atoms with Crippen molar-refractivity contribution in [3.05, 3.63) is 58.1 Å². The van der Waals surface area contributed by atoms with Crippen molar-refractivity contribution in [2.24, 2.45) is 0 Å². The molecule has 0 saturated heterocycles. The standard InChI is InChI=1S/C18H19Cl2FN2O4S/c1-2-9-23(11-13-3-6-15(7-4-13)27-28(21,25)26)12-18(24)22-17-10-14(19)5-8-16(17)20/h3-8,10H,2,9,11-12H2,1H3,(H,22,24). The molecule has 0 fully saturated rings. The number of nitrogens with one attached hydrogen (secondary N) is 1. The smallest absolute Gasteiger partial charge is 0.358 e. The SMILES string of the molecule is CCCN(CC(=O)Nc1cc(Cl)ccc1Cl)Cc1ccc(OS(=O)(=O)F)cc1. The van der Waals surface area contributed by atoms with E-state index in [4.69, 9.17) is 23.2 Å². The molecule has 0 aliphatic carbocycles. The summed E-state index contributed by atoms with van der Waals surface area (Å²) in [5, 5.41) is 3.58. The molecular weight excluding hydrogens is 430 g/mol. The van der Waals surface area contributed by atoms with Crippen LogP contribution in [0.15, 0.2) is 42.5 Å². The first-order chi connectivity index (χ1) is 13.2. The minimum Gasteiger partial charge on any atom is -0.358 e. The van der Waals surface area contributed by atoms with E-state index in [0.29, 0.717) is 28.8 Å². The maximum absolute atomic E-state index is 12.5. The first kappa shape index (κ1) is 22.4. The van der Waals surface area contributed by atoms with E-state index < -0.39 is 10.5 Å². The second-order valence-corrected chi connectivity index (χ2v) is 7.80. The van der Waals surface area contributed by atoms with Crippen LogP contribution in [-0.4, -0.2) is 32.3 Å². The van der Waals surface area contributed by atoms with Gasteiger partial charge in [0.15, 0.2) is 0 Å². The van der Waals surface area contributed by atoms with Crippen LogP contribution >= 0.6 is 23.2 Å². The first-order valence-corrected chi connectivity index (χ1v) is 10.4. The van der Waals surface area contributed by atoms with Crippen LogP contribution in [-0.2, 0) is 21.8 Å². The molecule has 2 rings (SSSR count). The van der Waals surface area contributed by atoms with E-state index in [1.807, 2.05) is 11.8 Å². The zero-order valence-corrected chi connectivity index (χ0v) is 17.3. The Bertz CT molecular complexity index is 924. The number of amides is 1. The first-order valence-electron chi connectivity index (χ1n) is 8.36. The second-order valence-electron chi connectivity index (χ2n) is 6.00. The zero-order chi connectivity index (χ0) is 20.7. The van der Waals surface area contributed by atoms with Crippen molar-refractivity contribution < 1.29 is 21.3 Å². The third-order valence-electron chi connectivity index (χ3n) is 3.63. The van der Waals surface area contributed by atoms with E-state index in [0.717, 1.165) is 12.0 Å². The highest BCUT2D eigenvalue weighted by Crippen LogP contribution is 2.25. The van der Waals surface area contributed by atoms with Gasteiger partial charge in [-0.15, -0.1) is 0 Å². The molecule has 0 aromatic heterocycles. The largest absolute Gasteiger partial charge is 0.488 e. The number of hydrogen-bond acceptors (Lipinski definition) is 5. The van der Waals surface area contributed by atoms with Crippen molar-refractivity contribution in [3.8, 4) is 5.75 Å². The summed E-state index contributed by atoms with van der Waals surface area (Å²) in [4.78, 5) is 14.3. The summed E-state index contributed by atoms with van der Waals surface area (Å²) in [6.07, 6.45) is 0.826. The molecule has 0 saturated carbocycles. The van der Waals surface area contributed by atoms with Gasteiger partial charge in [-0.3, -0.25) is 9.69 Å². The van der Waals surface area contributed by atoms with Crippen molar-refractivity contribution in [2.45, 2.75) is 19.9 Å². The molecular formula is C18H19Cl2FN2O4S. The summed E-state index contributed by atoms with van der Waals surface area (Å²) in [5.74, 6) is -0.372. The lowest BCUT2D eigenvalue weighted by atomic mass is 10.2. The fraction of sp³-hybridized carbons (Fsp3) is 0.278. The van der Waals surface area contributed by atoms with E-state index in [2.05, 4.69) is 9.50 Å². The average Bonchev–Trinajstić information content (AvgIpc) is 2.59. The summed E-state index contributed by atoms with van der Waals surface area (Å²) in [6, 6.07) is 10.7. The number of anilines is 1. The molecule has 0 heterocycles. The van der Waals surface area contributed by atoms with Gasteiger partial charge in [-0.2, -0.15) is 8.42 Å². The molecule has 1 amide bonds. The summed E-state index contributed by atoms with van der Waals surface area (Å²) in [7, 11) is -5.06. The Labute approximate surface area is 173 Å². The Morgan fingerprint density at radius 3 is 2.46 bits per heavy atom. The fourth-order valence-electron chi connectivity index (χ4n) is 2.54. The molecule has 2 aromatic carbocycles. The van der Waals surface area contributed by atoms with Gasteiger partial charge in [-0.05, 0) is 48.9 Å². The summed E-state index contributed by atoms with van der Waals surface area (Å²) < 4.78 is 37.7. The lowest BCUT2D eigenvalue weighted by molar-refractivity contribution is -0.117. The van der Waals surface area contributed by atoms with Crippen LogP contribution in [0.25, 0.3) is 0 Å². The molecule has 0 unspecified atom stereocenters. The molecule has 28 heavy (non-hydrogen) atoms. The van der Waals surface area contributed by atoms with E-state index in [1.165, 1.54) is 12.1 Å². The van der Waals surface area contributed by atoms with Crippen LogP contribution in [0.3, 0.4) is 0 Å². The molecule has 0 atom stereocenters. The minimum absolute atomic E-state index is 0.119. The number of benzene rings is 2. The number of halogens is 3. The van der Waals surface area contributed by atoms with Crippen molar-refractivity contribution in [1.29, 1.82) is 0 Å². The van der Waals surface area contributed by atoms with Crippen LogP contribution < -0.4 is 9.50 Å². The Balaban J connectivity index is 2.00. The van der Waals surface area contributed by atoms with Crippen LogP contribution in [0, 0.1) is 0 Å². The number of carbonyl (C=O) groups is 1. The number of carbonyl (C=O) groups excluding carboxylic acids is 1. The fourth-order valence-corrected chi connectivity index (χ4v) is 3.22. The number of nitrogens with zero attached hydrogens (tertiary/aromatic N) is 1. The second kappa shape index (κ2) is 10.1. The van der Waals surface area contributed by atoms with Crippen molar-refractivity contribution >= 4 is 45.3 Å². The third-order valence-corrected chi connectivity index (χ3v) is 4.59. The molecule has 152 valence electrons. The van der Waals surface area contributed by atoms with Gasteiger partial charge in [-0.1, -0.05) is 46.1 Å². The molecule has 2 aromatic rings. The van der Waals surface area contributed by atoms with Crippen molar-refractivity contribution in [1.82, 2.24) is 4.90 Å². The van der Waals surface area contributed by atoms with Crippen molar-refractivity contribution in [3.63, 3.8) is 0 Å². The maximum atomic E-state index is 12.5. The monoisotopic (exact) mass is 448 g/mol. The lowest BCUT2D eigenvalue weighted by Crippen LogP contribution is -2.33. The van der Waals surface area contributed by atoms with Gasteiger partial charge in [0.1, 0.15) is 5.75 Å². The highest BCUT2D eigenvalue weighted by Gasteiger charge is 2.14. The molecule has 0 spiro atoms. The van der Waals surface area contributed by atoms with Gasteiger partial charge in [0.2, 0.25) is 5.91 Å². The summed E-state index contributed by atoms with van der Waals surface area (Å²) in [5.41, 5.74) is 1.25. The molecule has 6 nitrogen and oxygen atoms in total.